The number of carbonyl (C=O) groups is 1. The summed E-state index contributed by atoms with van der Waals surface area (Å²) in [6.45, 7) is 6.28. The van der Waals surface area contributed by atoms with Crippen LogP contribution in [0.3, 0.4) is 0 Å². The summed E-state index contributed by atoms with van der Waals surface area (Å²) < 4.78 is 4.97. The Labute approximate surface area is 105 Å². The Bertz CT molecular complexity index is 424. The second-order valence-electron chi connectivity index (χ2n) is 4.68. The predicted molar refractivity (Wildman–Crippen MR) is 68.7 cm³/mol. The highest BCUT2D eigenvalue weighted by molar-refractivity contribution is 7.15. The number of anilines is 1. The molecule has 0 radical (unpaired) electrons. The van der Waals surface area contributed by atoms with E-state index in [1.54, 1.807) is 6.92 Å². The molecule has 94 valence electrons. The standard InChI is InChI=1S/C12H18N2O2S/c1-4-16-10(15)9-8(2)17-11(13-9)14-12(3)6-5-7-12/h4-7H2,1-3H3,(H,13,14). The number of esters is 1. The van der Waals surface area contributed by atoms with Gasteiger partial charge in [-0.3, -0.25) is 0 Å². The lowest BCUT2D eigenvalue weighted by Crippen LogP contribution is -2.41. The van der Waals surface area contributed by atoms with Crippen molar-refractivity contribution in [1.82, 2.24) is 4.98 Å². The van der Waals surface area contributed by atoms with Gasteiger partial charge in [-0.1, -0.05) is 0 Å². The summed E-state index contributed by atoms with van der Waals surface area (Å²) in [6, 6.07) is 0. The van der Waals surface area contributed by atoms with Gasteiger partial charge >= 0.3 is 5.97 Å². The van der Waals surface area contributed by atoms with E-state index < -0.39 is 0 Å². The molecule has 5 heteroatoms. The van der Waals surface area contributed by atoms with Gasteiger partial charge in [0, 0.05) is 10.4 Å². The molecule has 1 N–H and O–H groups in total. The molecule has 4 nitrogen and oxygen atoms in total. The molecule has 1 aliphatic rings. The van der Waals surface area contributed by atoms with Gasteiger partial charge in [0.25, 0.3) is 0 Å². The van der Waals surface area contributed by atoms with Gasteiger partial charge < -0.3 is 10.1 Å². The van der Waals surface area contributed by atoms with Crippen LogP contribution < -0.4 is 5.32 Å². The van der Waals surface area contributed by atoms with Crippen molar-refractivity contribution >= 4 is 22.4 Å². The molecule has 1 aliphatic carbocycles. The Kier molecular flexibility index (Phi) is 3.38. The van der Waals surface area contributed by atoms with E-state index in [-0.39, 0.29) is 11.5 Å². The molecular weight excluding hydrogens is 236 g/mol. The van der Waals surface area contributed by atoms with Gasteiger partial charge in [-0.15, -0.1) is 11.3 Å². The summed E-state index contributed by atoms with van der Waals surface area (Å²) in [5, 5.41) is 4.24. The van der Waals surface area contributed by atoms with E-state index in [2.05, 4.69) is 17.2 Å². The fourth-order valence-electron chi connectivity index (χ4n) is 1.93. The number of aromatic nitrogens is 1. The van der Waals surface area contributed by atoms with Crippen LogP contribution in [0, 0.1) is 6.92 Å². The molecule has 0 unspecified atom stereocenters. The van der Waals surface area contributed by atoms with Crippen molar-refractivity contribution in [1.29, 1.82) is 0 Å². The maximum atomic E-state index is 11.6. The van der Waals surface area contributed by atoms with Gasteiger partial charge in [0.05, 0.1) is 6.61 Å². The van der Waals surface area contributed by atoms with Crippen LogP contribution in [0.2, 0.25) is 0 Å². The fraction of sp³-hybridized carbons (Fsp3) is 0.667. The number of hydrogen-bond acceptors (Lipinski definition) is 5. The van der Waals surface area contributed by atoms with Crippen molar-refractivity contribution < 1.29 is 9.53 Å². The van der Waals surface area contributed by atoms with Crippen molar-refractivity contribution in [2.45, 2.75) is 45.6 Å². The lowest BCUT2D eigenvalue weighted by Gasteiger charge is -2.39. The van der Waals surface area contributed by atoms with E-state index in [0.717, 1.165) is 10.0 Å². The monoisotopic (exact) mass is 254 g/mol. The summed E-state index contributed by atoms with van der Waals surface area (Å²) >= 11 is 1.52. The Morgan fingerprint density at radius 1 is 1.59 bits per heavy atom. The number of nitrogens with zero attached hydrogens (tertiary/aromatic N) is 1. The first-order valence-corrected chi connectivity index (χ1v) is 6.78. The molecule has 0 aromatic carbocycles. The van der Waals surface area contributed by atoms with Gasteiger partial charge in [0.2, 0.25) is 0 Å². The largest absolute Gasteiger partial charge is 0.461 e. The third-order valence-corrected chi connectivity index (χ3v) is 4.02. The SMILES string of the molecule is CCOC(=O)c1nc(NC2(C)CCC2)sc1C. The molecule has 2 rings (SSSR count). The average molecular weight is 254 g/mol. The second kappa shape index (κ2) is 4.64. The zero-order valence-electron chi connectivity index (χ0n) is 10.5. The summed E-state index contributed by atoms with van der Waals surface area (Å²) in [4.78, 5) is 16.9. The van der Waals surface area contributed by atoms with Gasteiger partial charge in [-0.25, -0.2) is 9.78 Å². The molecule has 0 atom stereocenters. The van der Waals surface area contributed by atoms with Crippen LogP contribution in [-0.4, -0.2) is 23.1 Å². The number of rotatable bonds is 4. The molecule has 1 saturated carbocycles. The summed E-state index contributed by atoms with van der Waals surface area (Å²) in [7, 11) is 0. The van der Waals surface area contributed by atoms with E-state index in [1.165, 1.54) is 30.6 Å². The van der Waals surface area contributed by atoms with E-state index in [0.29, 0.717) is 12.3 Å². The first-order chi connectivity index (χ1) is 8.04. The van der Waals surface area contributed by atoms with Crippen molar-refractivity contribution in [3.8, 4) is 0 Å². The minimum absolute atomic E-state index is 0.163. The Morgan fingerprint density at radius 2 is 2.29 bits per heavy atom. The predicted octanol–water partition coefficient (Wildman–Crippen LogP) is 2.98. The van der Waals surface area contributed by atoms with Crippen molar-refractivity contribution in [2.24, 2.45) is 0 Å². The number of aryl methyl sites for hydroxylation is 1. The van der Waals surface area contributed by atoms with Gasteiger partial charge in [0.15, 0.2) is 10.8 Å². The molecular formula is C12H18N2O2S. The van der Waals surface area contributed by atoms with Crippen LogP contribution in [0.5, 0.6) is 0 Å². The number of nitrogens with one attached hydrogen (secondary N) is 1. The lowest BCUT2D eigenvalue weighted by atomic mass is 9.79. The summed E-state index contributed by atoms with van der Waals surface area (Å²) in [5.74, 6) is -0.326. The van der Waals surface area contributed by atoms with Crippen molar-refractivity contribution in [3.63, 3.8) is 0 Å². The molecule has 1 heterocycles. The molecule has 1 aromatic heterocycles. The quantitative estimate of drug-likeness (QED) is 0.839. The molecule has 0 bridgehead atoms. The Balaban J connectivity index is 2.10. The maximum Gasteiger partial charge on any atom is 0.358 e. The number of thiazole rings is 1. The summed E-state index contributed by atoms with van der Waals surface area (Å²) in [6.07, 6.45) is 3.60. The second-order valence-corrected chi connectivity index (χ2v) is 5.89. The van der Waals surface area contributed by atoms with Crippen LogP contribution in [0.25, 0.3) is 0 Å². The molecule has 0 saturated heterocycles. The molecule has 1 fully saturated rings. The van der Waals surface area contributed by atoms with Crippen LogP contribution in [-0.2, 0) is 4.74 Å². The lowest BCUT2D eigenvalue weighted by molar-refractivity contribution is 0.0519. The van der Waals surface area contributed by atoms with Gasteiger partial charge in [-0.2, -0.15) is 0 Å². The number of hydrogen-bond donors (Lipinski definition) is 1. The Hall–Kier alpha value is -1.10. The van der Waals surface area contributed by atoms with Crippen molar-refractivity contribution in [3.05, 3.63) is 10.6 Å². The topological polar surface area (TPSA) is 51.2 Å². The van der Waals surface area contributed by atoms with E-state index >= 15 is 0 Å². The zero-order valence-corrected chi connectivity index (χ0v) is 11.3. The van der Waals surface area contributed by atoms with E-state index in [4.69, 9.17) is 4.74 Å². The average Bonchev–Trinajstić information content (AvgIpc) is 2.57. The zero-order chi connectivity index (χ0) is 12.5. The third-order valence-electron chi connectivity index (χ3n) is 3.13. The molecule has 17 heavy (non-hydrogen) atoms. The van der Waals surface area contributed by atoms with Crippen LogP contribution in [0.1, 0.15) is 48.5 Å². The fourth-order valence-corrected chi connectivity index (χ4v) is 2.88. The Morgan fingerprint density at radius 3 is 2.82 bits per heavy atom. The van der Waals surface area contributed by atoms with E-state index in [1.807, 2.05) is 6.92 Å². The molecule has 0 spiro atoms. The van der Waals surface area contributed by atoms with Crippen LogP contribution in [0.15, 0.2) is 0 Å². The van der Waals surface area contributed by atoms with Crippen LogP contribution in [0.4, 0.5) is 5.13 Å². The first kappa shape index (κ1) is 12.4. The number of carbonyl (C=O) groups excluding carboxylic acids is 1. The molecule has 0 amide bonds. The highest BCUT2D eigenvalue weighted by atomic mass is 32.1. The summed E-state index contributed by atoms with van der Waals surface area (Å²) in [5.41, 5.74) is 0.609. The minimum atomic E-state index is -0.326. The number of ether oxygens (including phenoxy) is 1. The molecule has 1 aromatic rings. The first-order valence-electron chi connectivity index (χ1n) is 5.97. The highest BCUT2D eigenvalue weighted by Gasteiger charge is 2.32. The van der Waals surface area contributed by atoms with E-state index in [9.17, 15) is 4.79 Å². The smallest absolute Gasteiger partial charge is 0.358 e. The highest BCUT2D eigenvalue weighted by Crippen LogP contribution is 2.36. The molecule has 0 aliphatic heterocycles. The van der Waals surface area contributed by atoms with Gasteiger partial charge in [-0.05, 0) is 40.0 Å². The third kappa shape index (κ3) is 2.60. The maximum absolute atomic E-state index is 11.6. The van der Waals surface area contributed by atoms with Gasteiger partial charge in [0.1, 0.15) is 0 Å². The minimum Gasteiger partial charge on any atom is -0.461 e. The normalized spacial score (nSPS) is 17.4. The van der Waals surface area contributed by atoms with Crippen molar-refractivity contribution in [2.75, 3.05) is 11.9 Å². The van der Waals surface area contributed by atoms with Crippen LogP contribution >= 0.6 is 11.3 Å².